The molecule has 2 saturated heterocycles. The van der Waals surface area contributed by atoms with Crippen LogP contribution in [0.25, 0.3) is 0 Å². The van der Waals surface area contributed by atoms with Gasteiger partial charge in [-0.25, -0.2) is 8.42 Å². The monoisotopic (exact) mass is 393 g/mol. The number of carbonyl (C=O) groups excluding carboxylic acids is 1. The van der Waals surface area contributed by atoms with E-state index in [-0.39, 0.29) is 22.8 Å². The molecular formula is C20H31N3O3S. The topological polar surface area (TPSA) is 72.3 Å². The van der Waals surface area contributed by atoms with E-state index in [0.717, 1.165) is 56.3 Å². The van der Waals surface area contributed by atoms with Gasteiger partial charge in [-0.15, -0.1) is 0 Å². The van der Waals surface area contributed by atoms with Crippen LogP contribution >= 0.6 is 0 Å². The highest BCUT2D eigenvalue weighted by molar-refractivity contribution is 7.91. The van der Waals surface area contributed by atoms with Crippen LogP contribution in [0.1, 0.15) is 80.4 Å². The number of rotatable bonds is 4. The van der Waals surface area contributed by atoms with Gasteiger partial charge in [0.05, 0.1) is 35.0 Å². The van der Waals surface area contributed by atoms with Crippen LogP contribution in [0.4, 0.5) is 0 Å². The zero-order chi connectivity index (χ0) is 19.1. The molecule has 0 bridgehead atoms. The molecule has 1 spiro atoms. The van der Waals surface area contributed by atoms with E-state index in [0.29, 0.717) is 19.0 Å². The molecule has 3 heterocycles. The lowest BCUT2D eigenvalue weighted by molar-refractivity contribution is 0.0562. The second kappa shape index (κ2) is 7.22. The van der Waals surface area contributed by atoms with Crippen molar-refractivity contribution in [3.05, 3.63) is 17.5 Å². The molecule has 1 atom stereocenters. The predicted molar refractivity (Wildman–Crippen MR) is 105 cm³/mol. The summed E-state index contributed by atoms with van der Waals surface area (Å²) in [5.74, 6) is 0.564. The summed E-state index contributed by atoms with van der Waals surface area (Å²) in [6.07, 6.45) is 10.9. The fraction of sp³-hybridized carbons (Fsp3) is 0.800. The van der Waals surface area contributed by atoms with E-state index in [2.05, 4.69) is 16.7 Å². The van der Waals surface area contributed by atoms with Crippen molar-refractivity contribution in [1.29, 1.82) is 0 Å². The summed E-state index contributed by atoms with van der Waals surface area (Å²) < 4.78 is 26.2. The number of piperidine rings is 1. The molecular weight excluding hydrogens is 362 g/mol. The normalized spacial score (nSPS) is 28.3. The fourth-order valence-corrected chi connectivity index (χ4v) is 7.57. The van der Waals surface area contributed by atoms with E-state index >= 15 is 0 Å². The first-order valence-electron chi connectivity index (χ1n) is 10.5. The summed E-state index contributed by atoms with van der Waals surface area (Å²) in [5.41, 5.74) is 1.59. The second-order valence-corrected chi connectivity index (χ2v) is 11.0. The van der Waals surface area contributed by atoms with Gasteiger partial charge in [-0.3, -0.25) is 9.48 Å². The number of likely N-dealkylation sites (tertiary alicyclic amines) is 1. The standard InChI is InChI=1S/C20H31N3O3S/c1-2-6-18-17(13-21-23(18)16-7-3-4-8-16)19(24)22-11-5-9-20(14-22)10-12-27(25,26)15-20/h13,16H,2-12,14-15H2,1H3. The van der Waals surface area contributed by atoms with Crippen molar-refractivity contribution in [3.63, 3.8) is 0 Å². The SMILES string of the molecule is CCCc1c(C(=O)N2CCCC3(CCS(=O)(=O)C3)C2)cnn1C1CCCC1. The van der Waals surface area contributed by atoms with Gasteiger partial charge in [0.1, 0.15) is 0 Å². The third-order valence-electron chi connectivity index (χ3n) is 6.70. The number of aromatic nitrogens is 2. The smallest absolute Gasteiger partial charge is 0.257 e. The van der Waals surface area contributed by atoms with Crippen LogP contribution in [-0.4, -0.2) is 53.6 Å². The molecule has 0 radical (unpaired) electrons. The summed E-state index contributed by atoms with van der Waals surface area (Å²) in [5, 5.41) is 4.62. The maximum Gasteiger partial charge on any atom is 0.257 e. The lowest BCUT2D eigenvalue weighted by atomic mass is 9.79. The Kier molecular flexibility index (Phi) is 5.08. The third kappa shape index (κ3) is 3.67. The Morgan fingerprint density at radius 2 is 2.04 bits per heavy atom. The highest BCUT2D eigenvalue weighted by Gasteiger charge is 2.46. The highest BCUT2D eigenvalue weighted by atomic mass is 32.2. The van der Waals surface area contributed by atoms with Gasteiger partial charge in [0.25, 0.3) is 5.91 Å². The molecule has 1 unspecified atom stereocenters. The minimum atomic E-state index is -2.95. The van der Waals surface area contributed by atoms with E-state index in [9.17, 15) is 13.2 Å². The molecule has 0 N–H and O–H groups in total. The minimum Gasteiger partial charge on any atom is -0.338 e. The number of nitrogens with zero attached hydrogens (tertiary/aromatic N) is 3. The van der Waals surface area contributed by atoms with Crippen LogP contribution < -0.4 is 0 Å². The summed E-state index contributed by atoms with van der Waals surface area (Å²) in [4.78, 5) is 15.3. The number of hydrogen-bond donors (Lipinski definition) is 0. The number of sulfone groups is 1. The Morgan fingerprint density at radius 3 is 2.70 bits per heavy atom. The van der Waals surface area contributed by atoms with Crippen molar-refractivity contribution in [2.45, 2.75) is 70.8 Å². The van der Waals surface area contributed by atoms with Crippen molar-refractivity contribution < 1.29 is 13.2 Å². The van der Waals surface area contributed by atoms with Gasteiger partial charge in [-0.2, -0.15) is 5.10 Å². The van der Waals surface area contributed by atoms with E-state index in [1.807, 2.05) is 4.90 Å². The van der Waals surface area contributed by atoms with E-state index < -0.39 is 9.84 Å². The Morgan fingerprint density at radius 1 is 1.26 bits per heavy atom. The zero-order valence-corrected chi connectivity index (χ0v) is 17.1. The van der Waals surface area contributed by atoms with E-state index in [4.69, 9.17) is 0 Å². The van der Waals surface area contributed by atoms with Gasteiger partial charge in [0.15, 0.2) is 9.84 Å². The summed E-state index contributed by atoms with van der Waals surface area (Å²) >= 11 is 0. The zero-order valence-electron chi connectivity index (χ0n) is 16.3. The van der Waals surface area contributed by atoms with Gasteiger partial charge in [0, 0.05) is 18.5 Å². The summed E-state index contributed by atoms with van der Waals surface area (Å²) in [6.45, 7) is 3.44. The Balaban J connectivity index is 1.57. The van der Waals surface area contributed by atoms with Crippen LogP contribution in [0.5, 0.6) is 0 Å². The maximum absolute atomic E-state index is 13.3. The van der Waals surface area contributed by atoms with Crippen molar-refractivity contribution in [2.24, 2.45) is 5.41 Å². The van der Waals surface area contributed by atoms with Gasteiger partial charge < -0.3 is 4.90 Å². The molecule has 1 amide bonds. The van der Waals surface area contributed by atoms with E-state index in [1.54, 1.807) is 6.20 Å². The van der Waals surface area contributed by atoms with Crippen LogP contribution in [0.3, 0.4) is 0 Å². The van der Waals surface area contributed by atoms with Crippen LogP contribution in [0.15, 0.2) is 6.20 Å². The fourth-order valence-electron chi connectivity index (χ4n) is 5.37. The molecule has 150 valence electrons. The maximum atomic E-state index is 13.3. The van der Waals surface area contributed by atoms with Crippen LogP contribution in [0.2, 0.25) is 0 Å². The predicted octanol–water partition coefficient (Wildman–Crippen LogP) is 2.99. The number of amides is 1. The molecule has 1 aliphatic carbocycles. The summed E-state index contributed by atoms with van der Waals surface area (Å²) in [6, 6.07) is 0.431. The average Bonchev–Trinajstić information content (AvgIpc) is 3.34. The van der Waals surface area contributed by atoms with Crippen molar-refractivity contribution in [3.8, 4) is 0 Å². The molecule has 3 fully saturated rings. The Bertz CT molecular complexity index is 810. The van der Waals surface area contributed by atoms with E-state index in [1.165, 1.54) is 12.8 Å². The van der Waals surface area contributed by atoms with Gasteiger partial charge >= 0.3 is 0 Å². The lowest BCUT2D eigenvalue weighted by Gasteiger charge is -2.39. The molecule has 7 heteroatoms. The van der Waals surface area contributed by atoms with Crippen LogP contribution in [-0.2, 0) is 16.3 Å². The molecule has 0 aromatic carbocycles. The van der Waals surface area contributed by atoms with Crippen LogP contribution in [0, 0.1) is 5.41 Å². The molecule has 27 heavy (non-hydrogen) atoms. The molecule has 6 nitrogen and oxygen atoms in total. The Hall–Kier alpha value is -1.37. The molecule has 3 aliphatic rings. The first-order chi connectivity index (χ1) is 12.9. The van der Waals surface area contributed by atoms with Crippen molar-refractivity contribution >= 4 is 15.7 Å². The Labute approximate surface area is 162 Å². The molecule has 1 aromatic rings. The number of carbonyl (C=O) groups is 1. The lowest BCUT2D eigenvalue weighted by Crippen LogP contribution is -2.47. The van der Waals surface area contributed by atoms with Gasteiger partial charge in [-0.05, 0) is 38.5 Å². The molecule has 4 rings (SSSR count). The molecule has 1 saturated carbocycles. The minimum absolute atomic E-state index is 0.0473. The first kappa shape index (κ1) is 19.0. The summed E-state index contributed by atoms with van der Waals surface area (Å²) in [7, 11) is -2.95. The van der Waals surface area contributed by atoms with Gasteiger partial charge in [-0.1, -0.05) is 26.2 Å². The average molecular weight is 394 g/mol. The van der Waals surface area contributed by atoms with Crippen molar-refractivity contribution in [2.75, 3.05) is 24.6 Å². The largest absolute Gasteiger partial charge is 0.338 e. The quantitative estimate of drug-likeness (QED) is 0.788. The third-order valence-corrected chi connectivity index (χ3v) is 8.58. The molecule has 1 aromatic heterocycles. The van der Waals surface area contributed by atoms with Crippen molar-refractivity contribution in [1.82, 2.24) is 14.7 Å². The highest BCUT2D eigenvalue weighted by Crippen LogP contribution is 2.41. The number of hydrogen-bond acceptors (Lipinski definition) is 4. The second-order valence-electron chi connectivity index (χ2n) is 8.81. The molecule has 2 aliphatic heterocycles. The van der Waals surface area contributed by atoms with Gasteiger partial charge in [0.2, 0.25) is 0 Å². The first-order valence-corrected chi connectivity index (χ1v) is 12.3.